The van der Waals surface area contributed by atoms with Crippen LogP contribution in [0.1, 0.15) is 12.5 Å². The maximum atomic E-state index is 9.08. The molecule has 1 heterocycles. The van der Waals surface area contributed by atoms with Crippen LogP contribution in [0.4, 0.5) is 0 Å². The van der Waals surface area contributed by atoms with E-state index in [9.17, 15) is 0 Å². The molecule has 1 unspecified atom stereocenters. The average molecular weight is 170 g/mol. The van der Waals surface area contributed by atoms with Crippen LogP contribution >= 0.6 is 0 Å². The SMILES string of the molecule is CCc1cnn(CC(O)CO)c1. The normalized spacial score (nSPS) is 13.2. The van der Waals surface area contributed by atoms with Crippen molar-refractivity contribution in [3.8, 4) is 0 Å². The van der Waals surface area contributed by atoms with Gasteiger partial charge in [-0.2, -0.15) is 5.10 Å². The number of aryl methyl sites for hydroxylation is 1. The monoisotopic (exact) mass is 170 g/mol. The minimum atomic E-state index is -0.713. The van der Waals surface area contributed by atoms with E-state index in [2.05, 4.69) is 5.10 Å². The van der Waals surface area contributed by atoms with Crippen LogP contribution in [0, 0.1) is 0 Å². The summed E-state index contributed by atoms with van der Waals surface area (Å²) in [5.41, 5.74) is 1.14. The van der Waals surface area contributed by atoms with Gasteiger partial charge in [0.2, 0.25) is 0 Å². The maximum absolute atomic E-state index is 9.08. The summed E-state index contributed by atoms with van der Waals surface area (Å²) in [6.07, 6.45) is 3.87. The molecule has 0 aliphatic heterocycles. The van der Waals surface area contributed by atoms with Gasteiger partial charge in [0, 0.05) is 6.20 Å². The first-order valence-corrected chi connectivity index (χ1v) is 4.06. The molecule has 0 amide bonds. The first-order valence-electron chi connectivity index (χ1n) is 4.06. The van der Waals surface area contributed by atoms with Crippen molar-refractivity contribution in [2.45, 2.75) is 26.0 Å². The minimum absolute atomic E-state index is 0.221. The van der Waals surface area contributed by atoms with Gasteiger partial charge in [-0.05, 0) is 12.0 Å². The Labute approximate surface area is 71.5 Å². The number of aliphatic hydroxyl groups excluding tert-OH is 2. The highest BCUT2D eigenvalue weighted by molar-refractivity contribution is 5.02. The number of hydrogen-bond donors (Lipinski definition) is 2. The highest BCUT2D eigenvalue weighted by Crippen LogP contribution is 1.99. The number of aliphatic hydroxyl groups is 2. The molecule has 4 heteroatoms. The highest BCUT2D eigenvalue weighted by Gasteiger charge is 2.03. The molecule has 1 aromatic heterocycles. The van der Waals surface area contributed by atoms with E-state index in [4.69, 9.17) is 10.2 Å². The fraction of sp³-hybridized carbons (Fsp3) is 0.625. The molecule has 0 spiro atoms. The van der Waals surface area contributed by atoms with Crippen LogP contribution in [0.15, 0.2) is 12.4 Å². The Bertz CT molecular complexity index is 235. The van der Waals surface area contributed by atoms with Crippen LogP contribution < -0.4 is 0 Å². The zero-order valence-corrected chi connectivity index (χ0v) is 7.14. The van der Waals surface area contributed by atoms with Gasteiger partial charge in [0.15, 0.2) is 0 Å². The summed E-state index contributed by atoms with van der Waals surface area (Å²) in [6, 6.07) is 0. The number of hydrogen-bond acceptors (Lipinski definition) is 3. The van der Waals surface area contributed by atoms with E-state index in [1.165, 1.54) is 0 Å². The Morgan fingerprint density at radius 2 is 2.42 bits per heavy atom. The second kappa shape index (κ2) is 4.23. The maximum Gasteiger partial charge on any atom is 0.0966 e. The van der Waals surface area contributed by atoms with Crippen molar-refractivity contribution in [3.63, 3.8) is 0 Å². The second-order valence-electron chi connectivity index (χ2n) is 2.76. The first kappa shape index (κ1) is 9.22. The molecule has 4 nitrogen and oxygen atoms in total. The number of nitrogens with zero attached hydrogens (tertiary/aromatic N) is 2. The molecule has 0 bridgehead atoms. The van der Waals surface area contributed by atoms with Gasteiger partial charge in [0.1, 0.15) is 0 Å². The topological polar surface area (TPSA) is 58.3 Å². The molecule has 1 atom stereocenters. The predicted octanol–water partition coefficient (Wildman–Crippen LogP) is -0.201. The zero-order valence-electron chi connectivity index (χ0n) is 7.14. The predicted molar refractivity (Wildman–Crippen MR) is 44.7 cm³/mol. The van der Waals surface area contributed by atoms with Crippen molar-refractivity contribution >= 4 is 0 Å². The van der Waals surface area contributed by atoms with Crippen LogP contribution in [-0.4, -0.2) is 32.7 Å². The summed E-state index contributed by atoms with van der Waals surface area (Å²) in [4.78, 5) is 0. The molecular weight excluding hydrogens is 156 g/mol. The van der Waals surface area contributed by atoms with Crippen molar-refractivity contribution < 1.29 is 10.2 Å². The lowest BCUT2D eigenvalue weighted by Gasteiger charge is -2.05. The van der Waals surface area contributed by atoms with Gasteiger partial charge in [-0.25, -0.2) is 0 Å². The summed E-state index contributed by atoms with van der Waals surface area (Å²) in [5, 5.41) is 21.7. The van der Waals surface area contributed by atoms with Gasteiger partial charge >= 0.3 is 0 Å². The van der Waals surface area contributed by atoms with Crippen molar-refractivity contribution in [2.24, 2.45) is 0 Å². The summed E-state index contributed by atoms with van der Waals surface area (Å²) in [6.45, 7) is 2.18. The molecule has 12 heavy (non-hydrogen) atoms. The Morgan fingerprint density at radius 3 is 2.92 bits per heavy atom. The quantitative estimate of drug-likeness (QED) is 0.658. The van der Waals surface area contributed by atoms with E-state index < -0.39 is 6.10 Å². The fourth-order valence-electron chi connectivity index (χ4n) is 0.962. The third-order valence-electron chi connectivity index (χ3n) is 1.70. The Hall–Kier alpha value is -0.870. The molecule has 0 aromatic carbocycles. The molecule has 0 fully saturated rings. The van der Waals surface area contributed by atoms with E-state index in [1.807, 2.05) is 13.1 Å². The van der Waals surface area contributed by atoms with Gasteiger partial charge in [0.05, 0.1) is 25.5 Å². The summed E-state index contributed by atoms with van der Waals surface area (Å²) in [7, 11) is 0. The molecule has 2 N–H and O–H groups in total. The van der Waals surface area contributed by atoms with Crippen molar-refractivity contribution in [1.29, 1.82) is 0 Å². The molecule has 1 aromatic rings. The van der Waals surface area contributed by atoms with E-state index in [0.29, 0.717) is 6.54 Å². The smallest absolute Gasteiger partial charge is 0.0966 e. The molecule has 1 rings (SSSR count). The second-order valence-corrected chi connectivity index (χ2v) is 2.76. The minimum Gasteiger partial charge on any atom is -0.394 e. The first-order chi connectivity index (χ1) is 5.76. The fourth-order valence-corrected chi connectivity index (χ4v) is 0.962. The largest absolute Gasteiger partial charge is 0.394 e. The van der Waals surface area contributed by atoms with Gasteiger partial charge in [0.25, 0.3) is 0 Å². The Kier molecular flexibility index (Phi) is 3.25. The number of aromatic nitrogens is 2. The van der Waals surface area contributed by atoms with E-state index >= 15 is 0 Å². The van der Waals surface area contributed by atoms with Gasteiger partial charge < -0.3 is 10.2 Å². The molecule has 68 valence electrons. The van der Waals surface area contributed by atoms with Crippen LogP contribution in [-0.2, 0) is 13.0 Å². The third-order valence-corrected chi connectivity index (χ3v) is 1.70. The highest BCUT2D eigenvalue weighted by atomic mass is 16.3. The van der Waals surface area contributed by atoms with Crippen LogP contribution in [0.2, 0.25) is 0 Å². The van der Waals surface area contributed by atoms with Crippen LogP contribution in [0.3, 0.4) is 0 Å². The lowest BCUT2D eigenvalue weighted by molar-refractivity contribution is 0.0782. The Balaban J connectivity index is 2.52. The van der Waals surface area contributed by atoms with Gasteiger partial charge in [-0.15, -0.1) is 0 Å². The van der Waals surface area contributed by atoms with Crippen LogP contribution in [0.25, 0.3) is 0 Å². The van der Waals surface area contributed by atoms with Crippen molar-refractivity contribution in [1.82, 2.24) is 9.78 Å². The van der Waals surface area contributed by atoms with Crippen molar-refractivity contribution in [2.75, 3.05) is 6.61 Å². The van der Waals surface area contributed by atoms with E-state index in [0.717, 1.165) is 12.0 Å². The number of rotatable bonds is 4. The lowest BCUT2D eigenvalue weighted by atomic mass is 10.3. The Morgan fingerprint density at radius 1 is 1.67 bits per heavy atom. The zero-order chi connectivity index (χ0) is 8.97. The summed E-state index contributed by atoms with van der Waals surface area (Å²) in [5.74, 6) is 0. The molecule has 0 radical (unpaired) electrons. The molecular formula is C8H14N2O2. The summed E-state index contributed by atoms with van der Waals surface area (Å²) >= 11 is 0. The van der Waals surface area contributed by atoms with E-state index in [1.54, 1.807) is 10.9 Å². The van der Waals surface area contributed by atoms with Crippen molar-refractivity contribution in [3.05, 3.63) is 18.0 Å². The third kappa shape index (κ3) is 2.32. The van der Waals surface area contributed by atoms with Crippen LogP contribution in [0.5, 0.6) is 0 Å². The van der Waals surface area contributed by atoms with Gasteiger partial charge in [-0.1, -0.05) is 6.92 Å². The van der Waals surface area contributed by atoms with Gasteiger partial charge in [-0.3, -0.25) is 4.68 Å². The molecule has 0 aliphatic carbocycles. The lowest BCUT2D eigenvalue weighted by Crippen LogP contribution is -2.19. The average Bonchev–Trinajstić information content (AvgIpc) is 2.52. The molecule has 0 aliphatic rings. The van der Waals surface area contributed by atoms with E-state index in [-0.39, 0.29) is 6.61 Å². The molecule has 0 saturated heterocycles. The standard InChI is InChI=1S/C8H14N2O2/c1-2-7-3-9-10(4-7)5-8(12)6-11/h3-4,8,11-12H,2,5-6H2,1H3. The molecule has 0 saturated carbocycles. The summed E-state index contributed by atoms with van der Waals surface area (Å²) < 4.78 is 1.64.